The predicted molar refractivity (Wildman–Crippen MR) is 75.9 cm³/mol. The maximum Gasteiger partial charge on any atom is 0.134 e. The molecule has 0 radical (unpaired) electrons. The smallest absolute Gasteiger partial charge is 0.134 e. The Labute approximate surface area is 116 Å². The van der Waals surface area contributed by atoms with E-state index in [0.717, 1.165) is 22.1 Å². The number of benzene rings is 1. The second-order valence-corrected chi connectivity index (χ2v) is 4.94. The summed E-state index contributed by atoms with van der Waals surface area (Å²) in [5, 5.41) is 0.761. The van der Waals surface area contributed by atoms with Crippen LogP contribution in [0.5, 0.6) is 0 Å². The fourth-order valence-corrected chi connectivity index (χ4v) is 2.45. The highest BCUT2D eigenvalue weighted by Crippen LogP contribution is 2.32. The first-order valence-electron chi connectivity index (χ1n) is 6.42. The first-order valence-corrected chi connectivity index (χ1v) is 6.42. The second-order valence-electron chi connectivity index (χ2n) is 4.94. The molecule has 1 unspecified atom stereocenters. The summed E-state index contributed by atoms with van der Waals surface area (Å²) < 4.78 is 19.1. The molecule has 2 heterocycles. The standard InChI is InChI=1S/C16H15FN2O/c1-9-5-6-19-8-13(9)15(18)16-10(2)12-7-11(17)3-4-14(12)20-16/h3-8,15H,18H2,1-2H3. The van der Waals surface area contributed by atoms with E-state index < -0.39 is 6.04 Å². The third-order valence-corrected chi connectivity index (χ3v) is 3.63. The van der Waals surface area contributed by atoms with Gasteiger partial charge in [0.2, 0.25) is 0 Å². The Kier molecular flexibility index (Phi) is 3.03. The predicted octanol–water partition coefficient (Wildman–Crippen LogP) is 3.63. The van der Waals surface area contributed by atoms with Crippen molar-refractivity contribution in [2.24, 2.45) is 5.73 Å². The highest BCUT2D eigenvalue weighted by atomic mass is 19.1. The molecule has 20 heavy (non-hydrogen) atoms. The van der Waals surface area contributed by atoms with Crippen molar-refractivity contribution in [1.82, 2.24) is 4.98 Å². The van der Waals surface area contributed by atoms with Crippen LogP contribution in [0, 0.1) is 19.7 Å². The van der Waals surface area contributed by atoms with Crippen molar-refractivity contribution in [3.63, 3.8) is 0 Å². The van der Waals surface area contributed by atoms with Gasteiger partial charge in [0.15, 0.2) is 0 Å². The van der Waals surface area contributed by atoms with Crippen LogP contribution < -0.4 is 5.73 Å². The summed E-state index contributed by atoms with van der Waals surface area (Å²) in [5.41, 5.74) is 9.78. The minimum atomic E-state index is -0.404. The second kappa shape index (κ2) is 4.72. The Hall–Kier alpha value is -2.20. The van der Waals surface area contributed by atoms with Crippen LogP contribution in [-0.4, -0.2) is 4.98 Å². The Bertz CT molecular complexity index is 779. The number of furan rings is 1. The van der Waals surface area contributed by atoms with E-state index in [1.165, 1.54) is 12.1 Å². The van der Waals surface area contributed by atoms with Gasteiger partial charge in [-0.3, -0.25) is 4.98 Å². The first-order chi connectivity index (χ1) is 9.58. The highest BCUT2D eigenvalue weighted by molar-refractivity contribution is 5.82. The van der Waals surface area contributed by atoms with Crippen LogP contribution in [0.4, 0.5) is 4.39 Å². The number of aromatic nitrogens is 1. The number of pyridine rings is 1. The molecule has 0 aliphatic heterocycles. The van der Waals surface area contributed by atoms with Crippen LogP contribution in [0.3, 0.4) is 0 Å². The molecule has 3 nitrogen and oxygen atoms in total. The lowest BCUT2D eigenvalue weighted by Gasteiger charge is -2.12. The molecule has 102 valence electrons. The lowest BCUT2D eigenvalue weighted by Crippen LogP contribution is -2.13. The van der Waals surface area contributed by atoms with Gasteiger partial charge in [0.1, 0.15) is 17.2 Å². The van der Waals surface area contributed by atoms with Gasteiger partial charge in [-0.15, -0.1) is 0 Å². The minimum absolute atomic E-state index is 0.279. The van der Waals surface area contributed by atoms with Gasteiger partial charge < -0.3 is 10.2 Å². The minimum Gasteiger partial charge on any atom is -0.459 e. The van der Waals surface area contributed by atoms with Crippen molar-refractivity contribution in [1.29, 1.82) is 0 Å². The van der Waals surface area contributed by atoms with Gasteiger partial charge in [-0.25, -0.2) is 4.39 Å². The van der Waals surface area contributed by atoms with Crippen LogP contribution in [0.15, 0.2) is 41.1 Å². The molecule has 3 aromatic rings. The zero-order valence-electron chi connectivity index (χ0n) is 11.4. The van der Waals surface area contributed by atoms with E-state index >= 15 is 0 Å². The van der Waals surface area contributed by atoms with Crippen molar-refractivity contribution < 1.29 is 8.81 Å². The Morgan fingerprint density at radius 1 is 1.25 bits per heavy atom. The van der Waals surface area contributed by atoms with Crippen LogP contribution >= 0.6 is 0 Å². The van der Waals surface area contributed by atoms with Gasteiger partial charge in [0.25, 0.3) is 0 Å². The van der Waals surface area contributed by atoms with E-state index in [-0.39, 0.29) is 5.82 Å². The maximum atomic E-state index is 13.3. The molecule has 1 atom stereocenters. The molecule has 0 saturated carbocycles. The van der Waals surface area contributed by atoms with Crippen molar-refractivity contribution in [3.05, 3.63) is 64.9 Å². The molecular weight excluding hydrogens is 255 g/mol. The number of rotatable bonds is 2. The Balaban J connectivity index is 2.15. The average Bonchev–Trinajstić information content (AvgIpc) is 2.76. The van der Waals surface area contributed by atoms with E-state index in [0.29, 0.717) is 11.3 Å². The fraction of sp³-hybridized carbons (Fsp3) is 0.188. The number of fused-ring (bicyclic) bond motifs is 1. The molecule has 3 rings (SSSR count). The van der Waals surface area contributed by atoms with Gasteiger partial charge in [0, 0.05) is 23.3 Å². The van der Waals surface area contributed by atoms with Crippen molar-refractivity contribution >= 4 is 11.0 Å². The summed E-state index contributed by atoms with van der Waals surface area (Å²) in [7, 11) is 0. The molecule has 0 aliphatic carbocycles. The maximum absolute atomic E-state index is 13.3. The zero-order valence-corrected chi connectivity index (χ0v) is 11.4. The summed E-state index contributed by atoms with van der Waals surface area (Å²) >= 11 is 0. The number of nitrogens with zero attached hydrogens (tertiary/aromatic N) is 1. The van der Waals surface area contributed by atoms with E-state index in [9.17, 15) is 4.39 Å². The summed E-state index contributed by atoms with van der Waals surface area (Å²) in [6.07, 6.45) is 3.47. The largest absolute Gasteiger partial charge is 0.459 e. The van der Waals surface area contributed by atoms with Gasteiger partial charge in [-0.1, -0.05) is 0 Å². The third kappa shape index (κ3) is 1.98. The highest BCUT2D eigenvalue weighted by Gasteiger charge is 2.20. The lowest BCUT2D eigenvalue weighted by atomic mass is 9.99. The van der Waals surface area contributed by atoms with Gasteiger partial charge in [-0.05, 0) is 49.2 Å². The van der Waals surface area contributed by atoms with E-state index in [4.69, 9.17) is 10.2 Å². The van der Waals surface area contributed by atoms with Crippen molar-refractivity contribution in [2.45, 2.75) is 19.9 Å². The Morgan fingerprint density at radius 2 is 2.05 bits per heavy atom. The molecule has 2 N–H and O–H groups in total. The number of hydrogen-bond acceptors (Lipinski definition) is 3. The van der Waals surface area contributed by atoms with Crippen LogP contribution in [0.25, 0.3) is 11.0 Å². The quantitative estimate of drug-likeness (QED) is 0.773. The summed E-state index contributed by atoms with van der Waals surface area (Å²) in [6.45, 7) is 3.88. The summed E-state index contributed by atoms with van der Waals surface area (Å²) in [4.78, 5) is 4.11. The molecule has 0 fully saturated rings. The van der Waals surface area contributed by atoms with Gasteiger partial charge >= 0.3 is 0 Å². The molecule has 0 saturated heterocycles. The van der Waals surface area contributed by atoms with Crippen LogP contribution in [0.2, 0.25) is 0 Å². The molecule has 4 heteroatoms. The topological polar surface area (TPSA) is 52.0 Å². The number of hydrogen-bond donors (Lipinski definition) is 1. The van der Waals surface area contributed by atoms with E-state index in [1.807, 2.05) is 19.9 Å². The fourth-order valence-electron chi connectivity index (χ4n) is 2.45. The third-order valence-electron chi connectivity index (χ3n) is 3.63. The molecule has 0 aliphatic rings. The molecule has 1 aromatic carbocycles. The summed E-state index contributed by atoms with van der Waals surface area (Å²) in [5.74, 6) is 0.376. The van der Waals surface area contributed by atoms with Gasteiger partial charge in [0.05, 0.1) is 6.04 Å². The van der Waals surface area contributed by atoms with Crippen molar-refractivity contribution in [3.8, 4) is 0 Å². The summed E-state index contributed by atoms with van der Waals surface area (Å²) in [6, 6.07) is 5.99. The normalized spacial score (nSPS) is 12.8. The molecule has 0 amide bonds. The molecule has 2 aromatic heterocycles. The average molecular weight is 270 g/mol. The lowest BCUT2D eigenvalue weighted by molar-refractivity contribution is 0.519. The van der Waals surface area contributed by atoms with Gasteiger partial charge in [-0.2, -0.15) is 0 Å². The van der Waals surface area contributed by atoms with Crippen LogP contribution in [0.1, 0.15) is 28.5 Å². The number of aryl methyl sites for hydroxylation is 2. The van der Waals surface area contributed by atoms with E-state index in [2.05, 4.69) is 4.98 Å². The molecule has 0 bridgehead atoms. The Morgan fingerprint density at radius 3 is 2.80 bits per heavy atom. The molecule has 0 spiro atoms. The van der Waals surface area contributed by atoms with Crippen LogP contribution in [-0.2, 0) is 0 Å². The molecular formula is C16H15FN2O. The first kappa shape index (κ1) is 12.8. The van der Waals surface area contributed by atoms with Crippen molar-refractivity contribution in [2.75, 3.05) is 0 Å². The van der Waals surface area contributed by atoms with E-state index in [1.54, 1.807) is 18.5 Å². The number of halogens is 1. The number of nitrogens with two attached hydrogens (primary N) is 1. The zero-order chi connectivity index (χ0) is 14.3. The SMILES string of the molecule is Cc1ccncc1C(N)c1oc2ccc(F)cc2c1C. The monoisotopic (exact) mass is 270 g/mol.